The predicted octanol–water partition coefficient (Wildman–Crippen LogP) is 3.13. The molecule has 2 rings (SSSR count). The van der Waals surface area contributed by atoms with E-state index in [1.54, 1.807) is 0 Å². The van der Waals surface area contributed by atoms with E-state index in [9.17, 15) is 0 Å². The lowest BCUT2D eigenvalue weighted by Gasteiger charge is -2.23. The van der Waals surface area contributed by atoms with Crippen LogP contribution in [0.2, 0.25) is 0 Å². The smallest absolute Gasteiger partial charge is 0.193 e. The number of ether oxygens (including phenoxy) is 1. The molecule has 1 heterocycles. The summed E-state index contributed by atoms with van der Waals surface area (Å²) in [4.78, 5) is 6.70. The minimum Gasteiger partial charge on any atom is -0.375 e. The van der Waals surface area contributed by atoms with Gasteiger partial charge in [0.25, 0.3) is 0 Å². The van der Waals surface area contributed by atoms with Crippen molar-refractivity contribution in [2.45, 2.75) is 26.9 Å². The van der Waals surface area contributed by atoms with Crippen molar-refractivity contribution in [2.24, 2.45) is 10.4 Å². The summed E-state index contributed by atoms with van der Waals surface area (Å²) in [5.74, 6) is 0.990. The molecule has 0 spiro atoms. The minimum absolute atomic E-state index is 0. The van der Waals surface area contributed by atoms with E-state index in [0.717, 1.165) is 25.6 Å². The highest BCUT2D eigenvalue weighted by molar-refractivity contribution is 14.0. The minimum atomic E-state index is 0. The molecule has 1 N–H and O–H groups in total. The van der Waals surface area contributed by atoms with Crippen molar-refractivity contribution in [3.63, 3.8) is 0 Å². The van der Waals surface area contributed by atoms with Crippen LogP contribution in [-0.4, -0.2) is 44.1 Å². The van der Waals surface area contributed by atoms with Gasteiger partial charge in [-0.25, -0.2) is 0 Å². The van der Waals surface area contributed by atoms with Gasteiger partial charge in [0.1, 0.15) is 0 Å². The van der Waals surface area contributed by atoms with E-state index in [-0.39, 0.29) is 24.0 Å². The number of nitrogens with one attached hydrogen (secondary N) is 1. The van der Waals surface area contributed by atoms with E-state index in [2.05, 4.69) is 41.2 Å². The molecule has 0 radical (unpaired) electrons. The van der Waals surface area contributed by atoms with Gasteiger partial charge in [0.15, 0.2) is 5.96 Å². The van der Waals surface area contributed by atoms with Crippen LogP contribution in [0.1, 0.15) is 25.8 Å². The first kappa shape index (κ1) is 19.2. The van der Waals surface area contributed by atoms with Crippen LogP contribution < -0.4 is 5.32 Å². The molecule has 22 heavy (non-hydrogen) atoms. The Morgan fingerprint density at radius 3 is 2.64 bits per heavy atom. The fourth-order valence-corrected chi connectivity index (χ4v) is 2.62. The molecule has 1 saturated heterocycles. The predicted molar refractivity (Wildman–Crippen MR) is 103 cm³/mol. The Hall–Kier alpha value is -0.820. The molecule has 1 aromatic rings. The van der Waals surface area contributed by atoms with Crippen molar-refractivity contribution < 1.29 is 4.74 Å². The third-order valence-corrected chi connectivity index (χ3v) is 3.83. The Balaban J connectivity index is 0.00000242. The molecule has 124 valence electrons. The van der Waals surface area contributed by atoms with Crippen LogP contribution in [-0.2, 0) is 11.3 Å². The number of nitrogens with zero attached hydrogens (tertiary/aromatic N) is 2. The Kier molecular flexibility index (Phi) is 8.17. The van der Waals surface area contributed by atoms with Gasteiger partial charge in [-0.3, -0.25) is 4.99 Å². The number of guanidine groups is 1. The molecule has 1 aromatic carbocycles. The summed E-state index contributed by atoms with van der Waals surface area (Å²) in [6.07, 6.45) is 1.22. The molecule has 1 aliphatic heterocycles. The lowest BCUT2D eigenvalue weighted by atomic mass is 9.93. The van der Waals surface area contributed by atoms with Gasteiger partial charge < -0.3 is 15.0 Å². The second kappa shape index (κ2) is 9.35. The standard InChI is InChI=1S/C17H27N3O.HI/c1-17(2)9-11-20(14-17)16(18-3)19-10-12-21-13-15-7-5-4-6-8-15;/h4-8H,9-14H2,1-3H3,(H,18,19);1H. The fraction of sp³-hybridized carbons (Fsp3) is 0.588. The van der Waals surface area contributed by atoms with Crippen LogP contribution >= 0.6 is 24.0 Å². The van der Waals surface area contributed by atoms with Crippen molar-refractivity contribution >= 4 is 29.9 Å². The molecular formula is C17H28IN3O. The SMILES string of the molecule is CN=C(NCCOCc1ccccc1)N1CCC(C)(C)C1.I. The summed E-state index contributed by atoms with van der Waals surface area (Å²) in [6.45, 7) is 8.90. The molecular weight excluding hydrogens is 389 g/mol. The maximum absolute atomic E-state index is 5.68. The van der Waals surface area contributed by atoms with Crippen LogP contribution in [0.25, 0.3) is 0 Å². The van der Waals surface area contributed by atoms with Gasteiger partial charge in [0.05, 0.1) is 13.2 Å². The summed E-state index contributed by atoms with van der Waals surface area (Å²) in [6, 6.07) is 10.3. The van der Waals surface area contributed by atoms with Crippen molar-refractivity contribution in [1.29, 1.82) is 0 Å². The topological polar surface area (TPSA) is 36.9 Å². The fourth-order valence-electron chi connectivity index (χ4n) is 2.62. The molecule has 1 aliphatic rings. The maximum atomic E-state index is 5.68. The van der Waals surface area contributed by atoms with Gasteiger partial charge in [0.2, 0.25) is 0 Å². The average molecular weight is 417 g/mol. The Morgan fingerprint density at radius 1 is 1.32 bits per heavy atom. The quantitative estimate of drug-likeness (QED) is 0.346. The third-order valence-electron chi connectivity index (χ3n) is 3.83. The summed E-state index contributed by atoms with van der Waals surface area (Å²) in [7, 11) is 1.85. The monoisotopic (exact) mass is 417 g/mol. The molecule has 0 aromatic heterocycles. The number of likely N-dealkylation sites (tertiary alicyclic amines) is 1. The Labute approximate surface area is 151 Å². The lowest BCUT2D eigenvalue weighted by Crippen LogP contribution is -2.41. The highest BCUT2D eigenvalue weighted by Crippen LogP contribution is 2.28. The molecule has 0 bridgehead atoms. The van der Waals surface area contributed by atoms with Crippen molar-refractivity contribution in [1.82, 2.24) is 10.2 Å². The van der Waals surface area contributed by atoms with E-state index in [0.29, 0.717) is 18.6 Å². The highest BCUT2D eigenvalue weighted by atomic mass is 127. The molecule has 0 aliphatic carbocycles. The Bertz CT molecular complexity index is 462. The molecule has 1 fully saturated rings. The van der Waals surface area contributed by atoms with Crippen LogP contribution in [0.15, 0.2) is 35.3 Å². The number of aliphatic imine (C=N–C) groups is 1. The van der Waals surface area contributed by atoms with Crippen molar-refractivity contribution in [2.75, 3.05) is 33.3 Å². The van der Waals surface area contributed by atoms with E-state index >= 15 is 0 Å². The molecule has 0 unspecified atom stereocenters. The third kappa shape index (κ3) is 6.12. The van der Waals surface area contributed by atoms with Gasteiger partial charge in [-0.2, -0.15) is 0 Å². The van der Waals surface area contributed by atoms with Gasteiger partial charge >= 0.3 is 0 Å². The summed E-state index contributed by atoms with van der Waals surface area (Å²) in [5.41, 5.74) is 1.60. The maximum Gasteiger partial charge on any atom is 0.193 e. The molecule has 5 heteroatoms. The van der Waals surface area contributed by atoms with E-state index < -0.39 is 0 Å². The zero-order valence-corrected chi connectivity index (χ0v) is 16.2. The van der Waals surface area contributed by atoms with Crippen molar-refractivity contribution in [3.8, 4) is 0 Å². The number of rotatable bonds is 5. The first-order valence-electron chi connectivity index (χ1n) is 7.68. The lowest BCUT2D eigenvalue weighted by molar-refractivity contribution is 0.125. The zero-order valence-electron chi connectivity index (χ0n) is 13.8. The van der Waals surface area contributed by atoms with Crippen LogP contribution in [0, 0.1) is 5.41 Å². The normalized spacial score (nSPS) is 17.2. The first-order valence-corrected chi connectivity index (χ1v) is 7.68. The van der Waals surface area contributed by atoms with E-state index in [4.69, 9.17) is 4.74 Å². The highest BCUT2D eigenvalue weighted by Gasteiger charge is 2.30. The largest absolute Gasteiger partial charge is 0.375 e. The van der Waals surface area contributed by atoms with Crippen LogP contribution in [0.4, 0.5) is 0 Å². The van der Waals surface area contributed by atoms with Gasteiger partial charge in [-0.05, 0) is 17.4 Å². The average Bonchev–Trinajstić information content (AvgIpc) is 2.84. The molecule has 0 atom stereocenters. The second-order valence-corrected chi connectivity index (χ2v) is 6.35. The van der Waals surface area contributed by atoms with Crippen molar-refractivity contribution in [3.05, 3.63) is 35.9 Å². The summed E-state index contributed by atoms with van der Waals surface area (Å²) >= 11 is 0. The molecule has 0 saturated carbocycles. The molecule has 0 amide bonds. The number of hydrogen-bond acceptors (Lipinski definition) is 2. The second-order valence-electron chi connectivity index (χ2n) is 6.35. The van der Waals surface area contributed by atoms with Gasteiger partial charge in [-0.15, -0.1) is 24.0 Å². The molecule has 4 nitrogen and oxygen atoms in total. The van der Waals surface area contributed by atoms with Crippen LogP contribution in [0.3, 0.4) is 0 Å². The Morgan fingerprint density at radius 2 is 2.05 bits per heavy atom. The van der Waals surface area contributed by atoms with E-state index in [1.807, 2.05) is 25.2 Å². The first-order chi connectivity index (χ1) is 10.1. The summed E-state index contributed by atoms with van der Waals surface area (Å²) < 4.78 is 5.68. The van der Waals surface area contributed by atoms with E-state index in [1.165, 1.54) is 12.0 Å². The number of benzene rings is 1. The van der Waals surface area contributed by atoms with Gasteiger partial charge in [0, 0.05) is 26.7 Å². The number of hydrogen-bond donors (Lipinski definition) is 1. The zero-order chi connectivity index (χ0) is 15.1. The number of halogens is 1. The van der Waals surface area contributed by atoms with Gasteiger partial charge in [-0.1, -0.05) is 44.2 Å². The summed E-state index contributed by atoms with van der Waals surface area (Å²) in [5, 5.41) is 3.39. The van der Waals surface area contributed by atoms with Crippen LogP contribution in [0.5, 0.6) is 0 Å².